The first-order valence-electron chi connectivity index (χ1n) is 9.27. The van der Waals surface area contributed by atoms with E-state index in [0.29, 0.717) is 17.3 Å². The number of methoxy groups -OCH3 is 2. The zero-order valence-electron chi connectivity index (χ0n) is 16.2. The zero-order valence-corrected chi connectivity index (χ0v) is 18.6. The Hall–Kier alpha value is -0.960. The van der Waals surface area contributed by atoms with Gasteiger partial charge in [-0.1, -0.05) is 15.9 Å². The quantitative estimate of drug-likeness (QED) is 0.626. The number of hydrogen-bond acceptors (Lipinski definition) is 6. The summed E-state index contributed by atoms with van der Waals surface area (Å²) in [4.78, 5) is 19.4. The third-order valence-corrected chi connectivity index (χ3v) is 7.13. The average molecular weight is 458 g/mol. The van der Waals surface area contributed by atoms with Crippen LogP contribution in [0.2, 0.25) is 0 Å². The number of benzene rings is 1. The molecular weight excluding hydrogens is 430 g/mol. The second-order valence-corrected chi connectivity index (χ2v) is 8.90. The molecule has 2 saturated heterocycles. The lowest BCUT2D eigenvalue weighted by Crippen LogP contribution is -2.45. The summed E-state index contributed by atoms with van der Waals surface area (Å²) in [5, 5.41) is 0.0131. The molecule has 6 nitrogen and oxygen atoms in total. The number of ether oxygens (including phenoxy) is 2. The molecule has 1 aromatic carbocycles. The van der Waals surface area contributed by atoms with Crippen molar-refractivity contribution in [3.8, 4) is 11.5 Å². The Kier molecular flexibility index (Phi) is 7.30. The number of nitrogens with zero attached hydrogens (tertiary/aromatic N) is 3. The summed E-state index contributed by atoms with van der Waals surface area (Å²) in [5.74, 6) is 2.11. The molecule has 2 heterocycles. The minimum Gasteiger partial charge on any atom is -0.493 e. The molecule has 3 rings (SSSR count). The minimum atomic E-state index is 0.0131. The summed E-state index contributed by atoms with van der Waals surface area (Å²) in [6.07, 6.45) is 0.997. The van der Waals surface area contributed by atoms with Crippen LogP contribution in [0, 0.1) is 0 Å². The normalized spacial score (nSPS) is 21.7. The maximum atomic E-state index is 12.5. The van der Waals surface area contributed by atoms with E-state index in [1.54, 1.807) is 26.0 Å². The van der Waals surface area contributed by atoms with Crippen molar-refractivity contribution in [1.29, 1.82) is 0 Å². The Balaban J connectivity index is 1.65. The fourth-order valence-electron chi connectivity index (χ4n) is 3.55. The van der Waals surface area contributed by atoms with Gasteiger partial charge in [-0.25, -0.2) is 0 Å². The van der Waals surface area contributed by atoms with Crippen molar-refractivity contribution in [2.24, 2.45) is 0 Å². The molecule has 2 aliphatic rings. The molecule has 1 atom stereocenters. The number of hydrogen-bond donors (Lipinski definition) is 0. The van der Waals surface area contributed by atoms with E-state index in [2.05, 4.69) is 32.8 Å². The van der Waals surface area contributed by atoms with Crippen LogP contribution in [0.4, 0.5) is 0 Å². The number of thioether (sulfide) groups is 1. The lowest BCUT2D eigenvalue weighted by molar-refractivity contribution is -0.128. The van der Waals surface area contributed by atoms with Crippen molar-refractivity contribution in [3.63, 3.8) is 0 Å². The number of amides is 1. The molecule has 8 heteroatoms. The molecule has 0 saturated carbocycles. The molecule has 0 aliphatic carbocycles. The van der Waals surface area contributed by atoms with Gasteiger partial charge in [0.2, 0.25) is 5.91 Å². The number of rotatable bonds is 7. The third kappa shape index (κ3) is 4.91. The predicted octanol–water partition coefficient (Wildman–Crippen LogP) is 2.68. The van der Waals surface area contributed by atoms with Gasteiger partial charge in [0.1, 0.15) is 5.37 Å². The van der Waals surface area contributed by atoms with E-state index < -0.39 is 0 Å². The molecular formula is C19H28BrN3O3S. The van der Waals surface area contributed by atoms with Crippen molar-refractivity contribution in [1.82, 2.24) is 14.7 Å². The molecule has 1 amide bonds. The Morgan fingerprint density at radius 1 is 1.11 bits per heavy atom. The van der Waals surface area contributed by atoms with Crippen molar-refractivity contribution >= 4 is 33.6 Å². The second kappa shape index (κ2) is 9.49. The molecule has 1 unspecified atom stereocenters. The summed E-state index contributed by atoms with van der Waals surface area (Å²) in [6, 6.07) is 3.90. The van der Waals surface area contributed by atoms with Gasteiger partial charge in [-0.2, -0.15) is 0 Å². The summed E-state index contributed by atoms with van der Waals surface area (Å²) >= 11 is 5.32. The SMILES string of the molecule is COc1cc(Br)c(C2SCC(=O)N2CCCN2CCN(C)CC2)cc1OC. The van der Waals surface area contributed by atoms with E-state index in [0.717, 1.165) is 55.7 Å². The van der Waals surface area contributed by atoms with E-state index in [1.165, 1.54) is 0 Å². The van der Waals surface area contributed by atoms with Crippen LogP contribution in [-0.2, 0) is 4.79 Å². The fourth-order valence-corrected chi connectivity index (χ4v) is 5.48. The first kappa shape index (κ1) is 20.8. The molecule has 0 N–H and O–H groups in total. The van der Waals surface area contributed by atoms with E-state index in [4.69, 9.17) is 9.47 Å². The highest BCUT2D eigenvalue weighted by Gasteiger charge is 2.34. The number of carbonyl (C=O) groups excluding carboxylic acids is 1. The van der Waals surface area contributed by atoms with Gasteiger partial charge in [0.25, 0.3) is 0 Å². The summed E-state index contributed by atoms with van der Waals surface area (Å²) in [7, 11) is 5.43. The van der Waals surface area contributed by atoms with E-state index in [-0.39, 0.29) is 11.3 Å². The van der Waals surface area contributed by atoms with Crippen molar-refractivity contribution < 1.29 is 14.3 Å². The van der Waals surface area contributed by atoms with Crippen LogP contribution < -0.4 is 9.47 Å². The van der Waals surface area contributed by atoms with Gasteiger partial charge >= 0.3 is 0 Å². The Bertz CT molecular complexity index is 668. The van der Waals surface area contributed by atoms with Gasteiger partial charge in [-0.15, -0.1) is 11.8 Å². The molecule has 27 heavy (non-hydrogen) atoms. The summed E-state index contributed by atoms with van der Waals surface area (Å²) in [6.45, 7) is 6.30. The van der Waals surface area contributed by atoms with E-state index in [9.17, 15) is 4.79 Å². The van der Waals surface area contributed by atoms with E-state index in [1.807, 2.05) is 17.0 Å². The number of piperazine rings is 1. The highest BCUT2D eigenvalue weighted by molar-refractivity contribution is 9.10. The van der Waals surface area contributed by atoms with Crippen LogP contribution in [0.3, 0.4) is 0 Å². The first-order valence-corrected chi connectivity index (χ1v) is 11.1. The fraction of sp³-hybridized carbons (Fsp3) is 0.632. The first-order chi connectivity index (χ1) is 13.0. The van der Waals surface area contributed by atoms with Crippen LogP contribution in [0.15, 0.2) is 16.6 Å². The van der Waals surface area contributed by atoms with Crippen LogP contribution in [0.1, 0.15) is 17.4 Å². The minimum absolute atomic E-state index is 0.0131. The lowest BCUT2D eigenvalue weighted by atomic mass is 10.1. The smallest absolute Gasteiger partial charge is 0.233 e. The summed E-state index contributed by atoms with van der Waals surface area (Å²) < 4.78 is 11.8. The monoisotopic (exact) mass is 457 g/mol. The molecule has 0 spiro atoms. The highest BCUT2D eigenvalue weighted by atomic mass is 79.9. The number of likely N-dealkylation sites (N-methyl/N-ethyl adjacent to an activating group) is 1. The largest absolute Gasteiger partial charge is 0.493 e. The van der Waals surface area contributed by atoms with Crippen molar-refractivity contribution in [2.75, 3.05) is 66.3 Å². The van der Waals surface area contributed by atoms with Crippen LogP contribution in [0.5, 0.6) is 11.5 Å². The zero-order chi connectivity index (χ0) is 19.4. The molecule has 0 radical (unpaired) electrons. The van der Waals surface area contributed by atoms with Gasteiger partial charge in [0.05, 0.1) is 20.0 Å². The second-order valence-electron chi connectivity index (χ2n) is 6.98. The number of halogens is 1. The van der Waals surface area contributed by atoms with Gasteiger partial charge < -0.3 is 24.2 Å². The Morgan fingerprint density at radius 2 is 1.78 bits per heavy atom. The average Bonchev–Trinajstić information content (AvgIpc) is 3.03. The highest BCUT2D eigenvalue weighted by Crippen LogP contribution is 2.45. The Morgan fingerprint density at radius 3 is 2.44 bits per heavy atom. The molecule has 2 fully saturated rings. The standard InChI is InChI=1S/C19H28BrN3O3S/c1-21-7-9-22(10-8-21)5-4-6-23-18(24)13-27-19(23)14-11-16(25-2)17(26-3)12-15(14)20/h11-12,19H,4-10,13H2,1-3H3. The molecule has 150 valence electrons. The molecule has 0 aromatic heterocycles. The Labute approximate surface area is 174 Å². The van der Waals surface area contributed by atoms with Crippen LogP contribution >= 0.6 is 27.7 Å². The lowest BCUT2D eigenvalue weighted by Gasteiger charge is -2.33. The third-order valence-electron chi connectivity index (χ3n) is 5.21. The maximum absolute atomic E-state index is 12.5. The molecule has 2 aliphatic heterocycles. The molecule has 1 aromatic rings. The van der Waals surface area contributed by atoms with Gasteiger partial charge in [-0.3, -0.25) is 4.79 Å². The maximum Gasteiger partial charge on any atom is 0.233 e. The predicted molar refractivity (Wildman–Crippen MR) is 113 cm³/mol. The van der Waals surface area contributed by atoms with Crippen LogP contribution in [0.25, 0.3) is 0 Å². The van der Waals surface area contributed by atoms with Gasteiger partial charge in [0, 0.05) is 42.8 Å². The topological polar surface area (TPSA) is 45.2 Å². The summed E-state index contributed by atoms with van der Waals surface area (Å²) in [5.41, 5.74) is 1.06. The number of carbonyl (C=O) groups is 1. The molecule has 0 bridgehead atoms. The van der Waals surface area contributed by atoms with Crippen molar-refractivity contribution in [3.05, 3.63) is 22.2 Å². The van der Waals surface area contributed by atoms with Gasteiger partial charge in [0.15, 0.2) is 11.5 Å². The van der Waals surface area contributed by atoms with E-state index >= 15 is 0 Å². The van der Waals surface area contributed by atoms with Gasteiger partial charge in [-0.05, 0) is 32.1 Å². The van der Waals surface area contributed by atoms with Crippen molar-refractivity contribution in [2.45, 2.75) is 11.8 Å². The van der Waals surface area contributed by atoms with Crippen LogP contribution in [-0.4, -0.2) is 86.9 Å².